The third-order valence-corrected chi connectivity index (χ3v) is 4.55. The second-order valence-electron chi connectivity index (χ2n) is 6.68. The van der Waals surface area contributed by atoms with E-state index in [2.05, 4.69) is 15.2 Å². The Balaban J connectivity index is 1.54. The van der Waals surface area contributed by atoms with Gasteiger partial charge in [0, 0.05) is 37.8 Å². The second-order valence-corrected chi connectivity index (χ2v) is 6.68. The number of aryl methyl sites for hydroxylation is 1. The van der Waals surface area contributed by atoms with Gasteiger partial charge in [-0.3, -0.25) is 14.5 Å². The maximum Gasteiger partial charge on any atom is 0.387 e. The highest BCUT2D eigenvalue weighted by molar-refractivity contribution is 5.95. The molecule has 0 unspecified atom stereocenters. The predicted octanol–water partition coefficient (Wildman–Crippen LogP) is 1.99. The van der Waals surface area contributed by atoms with Crippen LogP contribution in [0.25, 0.3) is 0 Å². The van der Waals surface area contributed by atoms with E-state index in [-0.39, 0.29) is 35.4 Å². The number of hydrogen-bond donors (Lipinski definition) is 1. The molecule has 9 nitrogen and oxygen atoms in total. The highest BCUT2D eigenvalue weighted by Gasteiger charge is 2.24. The van der Waals surface area contributed by atoms with Gasteiger partial charge in [-0.15, -0.1) is 0 Å². The van der Waals surface area contributed by atoms with Crippen molar-refractivity contribution in [3.63, 3.8) is 0 Å². The highest BCUT2D eigenvalue weighted by atomic mass is 19.3. The van der Waals surface area contributed by atoms with Crippen molar-refractivity contribution in [1.82, 2.24) is 15.0 Å². The average Bonchev–Trinajstić information content (AvgIpc) is 3.12. The largest absolute Gasteiger partial charge is 0.493 e. The molecule has 1 fully saturated rings. The molecule has 2 amide bonds. The van der Waals surface area contributed by atoms with Gasteiger partial charge in [-0.2, -0.15) is 8.78 Å². The first-order chi connectivity index (χ1) is 14.4. The fourth-order valence-electron chi connectivity index (χ4n) is 3.10. The summed E-state index contributed by atoms with van der Waals surface area (Å²) in [5, 5.41) is 6.36. The summed E-state index contributed by atoms with van der Waals surface area (Å²) < 4.78 is 39.5. The fraction of sp³-hybridized carbons (Fsp3) is 0.421. The quantitative estimate of drug-likeness (QED) is 0.726. The lowest BCUT2D eigenvalue weighted by Gasteiger charge is -2.34. The summed E-state index contributed by atoms with van der Waals surface area (Å²) in [5.41, 5.74) is 0.221. The molecule has 1 aliphatic rings. The highest BCUT2D eigenvalue weighted by Crippen LogP contribution is 2.30. The van der Waals surface area contributed by atoms with Crippen molar-refractivity contribution in [2.24, 2.45) is 0 Å². The van der Waals surface area contributed by atoms with Crippen molar-refractivity contribution in [1.29, 1.82) is 0 Å². The van der Waals surface area contributed by atoms with Crippen molar-refractivity contribution < 1.29 is 32.4 Å². The van der Waals surface area contributed by atoms with E-state index >= 15 is 0 Å². The summed E-state index contributed by atoms with van der Waals surface area (Å²) in [5.74, 6) is 0.332. The number of nitrogens with one attached hydrogen (secondary N) is 1. The molecule has 0 atom stereocenters. The number of rotatable bonds is 7. The van der Waals surface area contributed by atoms with Crippen LogP contribution in [0.4, 0.5) is 14.6 Å². The molecule has 1 saturated heterocycles. The number of methoxy groups -OCH3 is 1. The van der Waals surface area contributed by atoms with Crippen molar-refractivity contribution in [3.8, 4) is 11.5 Å². The van der Waals surface area contributed by atoms with Gasteiger partial charge in [0.1, 0.15) is 5.76 Å². The molecule has 0 bridgehead atoms. The van der Waals surface area contributed by atoms with Crippen LogP contribution in [-0.4, -0.2) is 73.2 Å². The lowest BCUT2D eigenvalue weighted by molar-refractivity contribution is -0.117. The molecular weight excluding hydrogens is 402 g/mol. The smallest absolute Gasteiger partial charge is 0.387 e. The summed E-state index contributed by atoms with van der Waals surface area (Å²) in [6.07, 6.45) is 0. The first kappa shape index (κ1) is 21.5. The molecule has 162 valence electrons. The Labute approximate surface area is 171 Å². The predicted molar refractivity (Wildman–Crippen MR) is 102 cm³/mol. The Bertz CT molecular complexity index is 897. The first-order valence-electron chi connectivity index (χ1n) is 9.23. The number of benzene rings is 1. The Morgan fingerprint density at radius 3 is 2.53 bits per heavy atom. The van der Waals surface area contributed by atoms with Crippen LogP contribution < -0.4 is 14.8 Å². The molecule has 2 aromatic rings. The second kappa shape index (κ2) is 9.53. The molecule has 1 aromatic carbocycles. The monoisotopic (exact) mass is 424 g/mol. The van der Waals surface area contributed by atoms with E-state index in [1.165, 1.54) is 25.3 Å². The molecule has 2 heterocycles. The molecular formula is C19H22F2N4O5. The SMILES string of the molecule is COc1ccc(C(=O)N2CCN(CC(=O)Nc3cc(C)on3)CC2)cc1OC(F)F. The topological polar surface area (TPSA) is 97.1 Å². The molecule has 30 heavy (non-hydrogen) atoms. The molecule has 0 aliphatic carbocycles. The minimum atomic E-state index is -3.03. The van der Waals surface area contributed by atoms with Gasteiger partial charge in [0.05, 0.1) is 13.7 Å². The fourth-order valence-corrected chi connectivity index (χ4v) is 3.10. The summed E-state index contributed by atoms with van der Waals surface area (Å²) >= 11 is 0. The van der Waals surface area contributed by atoms with E-state index in [0.29, 0.717) is 37.8 Å². The van der Waals surface area contributed by atoms with Crippen LogP contribution in [0, 0.1) is 6.92 Å². The molecule has 1 N–H and O–H groups in total. The third kappa shape index (κ3) is 5.44. The number of nitrogens with zero attached hydrogens (tertiary/aromatic N) is 3. The van der Waals surface area contributed by atoms with E-state index in [0.717, 1.165) is 0 Å². The van der Waals surface area contributed by atoms with E-state index < -0.39 is 6.61 Å². The minimum absolute atomic E-state index is 0.116. The summed E-state index contributed by atoms with van der Waals surface area (Å²) in [6.45, 7) is 0.632. The number of amides is 2. The molecule has 0 radical (unpaired) electrons. The Morgan fingerprint density at radius 2 is 1.93 bits per heavy atom. The van der Waals surface area contributed by atoms with Gasteiger partial charge >= 0.3 is 6.61 Å². The van der Waals surface area contributed by atoms with Gasteiger partial charge in [0.25, 0.3) is 5.91 Å². The average molecular weight is 424 g/mol. The Morgan fingerprint density at radius 1 is 1.20 bits per heavy atom. The number of carbonyl (C=O) groups excluding carboxylic acids is 2. The van der Waals surface area contributed by atoms with Gasteiger partial charge in [0.2, 0.25) is 5.91 Å². The Kier molecular flexibility index (Phi) is 6.83. The zero-order valence-electron chi connectivity index (χ0n) is 16.6. The molecule has 3 rings (SSSR count). The van der Waals surface area contributed by atoms with Gasteiger partial charge in [0.15, 0.2) is 17.3 Å². The zero-order valence-corrected chi connectivity index (χ0v) is 16.6. The Hall–Kier alpha value is -3.21. The first-order valence-corrected chi connectivity index (χ1v) is 9.23. The lowest BCUT2D eigenvalue weighted by Crippen LogP contribution is -2.50. The van der Waals surface area contributed by atoms with Crippen LogP contribution in [0.2, 0.25) is 0 Å². The van der Waals surface area contributed by atoms with Crippen LogP contribution >= 0.6 is 0 Å². The summed E-state index contributed by atoms with van der Waals surface area (Å²) in [7, 11) is 1.33. The maximum atomic E-state index is 12.7. The molecule has 11 heteroatoms. The van der Waals surface area contributed by atoms with Crippen molar-refractivity contribution in [3.05, 3.63) is 35.6 Å². The standard InChI is InChI=1S/C19H22F2N4O5/c1-12-9-16(23-30-12)22-17(26)11-24-5-7-25(8-6-24)18(27)13-3-4-14(28-2)15(10-13)29-19(20)21/h3-4,9-10,19H,5-8,11H2,1-2H3,(H,22,23,26). The number of piperazine rings is 1. The third-order valence-electron chi connectivity index (χ3n) is 4.55. The molecule has 1 aromatic heterocycles. The minimum Gasteiger partial charge on any atom is -0.493 e. The number of hydrogen-bond acceptors (Lipinski definition) is 7. The van der Waals surface area contributed by atoms with Crippen molar-refractivity contribution >= 4 is 17.6 Å². The van der Waals surface area contributed by atoms with Crippen LogP contribution in [-0.2, 0) is 4.79 Å². The van der Waals surface area contributed by atoms with Crippen LogP contribution in [0.3, 0.4) is 0 Å². The number of anilines is 1. The van der Waals surface area contributed by atoms with Crippen LogP contribution in [0.15, 0.2) is 28.8 Å². The van der Waals surface area contributed by atoms with Crippen molar-refractivity contribution in [2.45, 2.75) is 13.5 Å². The van der Waals surface area contributed by atoms with E-state index in [1.54, 1.807) is 17.9 Å². The summed E-state index contributed by atoms with van der Waals surface area (Å²) in [6, 6.07) is 5.78. The van der Waals surface area contributed by atoms with Crippen molar-refractivity contribution in [2.75, 3.05) is 45.2 Å². The van der Waals surface area contributed by atoms with Crippen LogP contribution in [0.1, 0.15) is 16.1 Å². The van der Waals surface area contributed by atoms with Gasteiger partial charge in [-0.25, -0.2) is 0 Å². The van der Waals surface area contributed by atoms with Gasteiger partial charge in [-0.05, 0) is 25.1 Å². The number of halogens is 2. The molecule has 1 aliphatic heterocycles. The lowest BCUT2D eigenvalue weighted by atomic mass is 10.1. The number of aromatic nitrogens is 1. The van der Waals surface area contributed by atoms with E-state index in [4.69, 9.17) is 9.26 Å². The number of ether oxygens (including phenoxy) is 2. The van der Waals surface area contributed by atoms with Gasteiger partial charge in [-0.1, -0.05) is 5.16 Å². The zero-order chi connectivity index (χ0) is 21.7. The number of carbonyl (C=O) groups is 2. The summed E-state index contributed by atoms with van der Waals surface area (Å²) in [4.78, 5) is 28.4. The van der Waals surface area contributed by atoms with E-state index in [9.17, 15) is 18.4 Å². The van der Waals surface area contributed by atoms with E-state index in [1.807, 2.05) is 4.90 Å². The number of alkyl halides is 2. The maximum absolute atomic E-state index is 12.7. The normalized spacial score (nSPS) is 14.6. The van der Waals surface area contributed by atoms with Gasteiger partial charge < -0.3 is 24.2 Å². The molecule has 0 saturated carbocycles. The molecule has 0 spiro atoms. The van der Waals surface area contributed by atoms with Crippen LogP contribution in [0.5, 0.6) is 11.5 Å².